The van der Waals surface area contributed by atoms with Crippen LogP contribution < -0.4 is 4.90 Å². The smallest absolute Gasteiger partial charge is 0.268 e. The number of aliphatic hydroxyl groups is 1. The Labute approximate surface area is 167 Å². The molecule has 1 N–H and O–H groups in total. The maximum Gasteiger partial charge on any atom is 0.268 e. The molecule has 1 unspecified atom stereocenters. The van der Waals surface area contributed by atoms with Gasteiger partial charge < -0.3 is 10.0 Å². The molecule has 3 aromatic rings. The summed E-state index contributed by atoms with van der Waals surface area (Å²) < 4.78 is 0.910. The van der Waals surface area contributed by atoms with Gasteiger partial charge in [0.05, 0.1) is 5.69 Å². The second-order valence-corrected chi connectivity index (χ2v) is 7.70. The summed E-state index contributed by atoms with van der Waals surface area (Å²) in [5, 5.41) is 11.5. The van der Waals surface area contributed by atoms with Crippen LogP contribution in [0.1, 0.15) is 23.1 Å². The third-order valence-electron chi connectivity index (χ3n) is 5.09. The molecule has 0 aromatic heterocycles. The number of amides is 1. The summed E-state index contributed by atoms with van der Waals surface area (Å²) in [7, 11) is 0. The van der Waals surface area contributed by atoms with Gasteiger partial charge in [0.15, 0.2) is 5.60 Å². The van der Waals surface area contributed by atoms with Crippen LogP contribution >= 0.6 is 15.9 Å². The molecule has 3 nitrogen and oxygen atoms in total. The van der Waals surface area contributed by atoms with Gasteiger partial charge in [-0.3, -0.25) is 4.79 Å². The Morgan fingerprint density at radius 2 is 1.56 bits per heavy atom. The molecule has 0 aliphatic carbocycles. The minimum Gasteiger partial charge on any atom is -0.372 e. The van der Waals surface area contributed by atoms with Crippen LogP contribution in [0.25, 0.3) is 0 Å². The summed E-state index contributed by atoms with van der Waals surface area (Å²) in [5.74, 6) is -0.279. The number of benzene rings is 3. The fourth-order valence-corrected chi connectivity index (χ4v) is 3.98. The van der Waals surface area contributed by atoms with Gasteiger partial charge in [0.2, 0.25) is 0 Å². The van der Waals surface area contributed by atoms with E-state index >= 15 is 0 Å². The molecular weight excluding hydrogens is 402 g/mol. The van der Waals surface area contributed by atoms with Crippen molar-refractivity contribution in [2.24, 2.45) is 0 Å². The van der Waals surface area contributed by atoms with Crippen LogP contribution in [0, 0.1) is 0 Å². The van der Waals surface area contributed by atoms with Crippen molar-refractivity contribution in [2.45, 2.75) is 18.4 Å². The average Bonchev–Trinajstić information content (AvgIpc) is 2.92. The Hall–Kier alpha value is -2.43. The number of fused-ring (bicyclic) bond motifs is 1. The molecule has 0 radical (unpaired) electrons. The molecule has 1 aliphatic rings. The van der Waals surface area contributed by atoms with Crippen LogP contribution in [0.5, 0.6) is 0 Å². The molecule has 0 bridgehead atoms. The number of carbonyl (C=O) groups excluding carboxylic acids is 1. The zero-order valence-corrected chi connectivity index (χ0v) is 16.4. The largest absolute Gasteiger partial charge is 0.372 e. The van der Waals surface area contributed by atoms with Crippen molar-refractivity contribution in [1.82, 2.24) is 0 Å². The molecule has 0 saturated heterocycles. The first-order chi connectivity index (χ1) is 13.1. The Kier molecular flexibility index (Phi) is 4.85. The summed E-state index contributed by atoms with van der Waals surface area (Å²) in [6, 6.07) is 25.1. The molecule has 0 spiro atoms. The molecule has 0 saturated carbocycles. The van der Waals surface area contributed by atoms with Crippen LogP contribution in [0.4, 0.5) is 5.69 Å². The third kappa shape index (κ3) is 3.20. The van der Waals surface area contributed by atoms with Gasteiger partial charge in [-0.2, -0.15) is 0 Å². The molecule has 0 fully saturated rings. The SMILES string of the molecule is O=C1N(CCCc2ccccc2)c2ccccc2C1(O)c1ccc(Br)cc1. The van der Waals surface area contributed by atoms with E-state index in [0.29, 0.717) is 17.7 Å². The average molecular weight is 422 g/mol. The first kappa shape index (κ1) is 18.0. The van der Waals surface area contributed by atoms with Gasteiger partial charge in [-0.25, -0.2) is 0 Å². The van der Waals surface area contributed by atoms with Crippen LogP contribution in [0.3, 0.4) is 0 Å². The summed E-state index contributed by atoms with van der Waals surface area (Å²) in [6.45, 7) is 0.573. The Morgan fingerprint density at radius 1 is 0.889 bits per heavy atom. The molecule has 3 aromatic carbocycles. The van der Waals surface area contributed by atoms with Gasteiger partial charge in [-0.05, 0) is 42.2 Å². The summed E-state index contributed by atoms with van der Waals surface area (Å²) >= 11 is 3.41. The maximum absolute atomic E-state index is 13.3. The predicted molar refractivity (Wildman–Crippen MR) is 111 cm³/mol. The highest BCUT2D eigenvalue weighted by molar-refractivity contribution is 9.10. The van der Waals surface area contributed by atoms with Crippen molar-refractivity contribution in [3.05, 3.63) is 100 Å². The van der Waals surface area contributed by atoms with Crippen molar-refractivity contribution in [3.63, 3.8) is 0 Å². The second kappa shape index (κ2) is 7.29. The lowest BCUT2D eigenvalue weighted by atomic mass is 9.87. The lowest BCUT2D eigenvalue weighted by Gasteiger charge is -2.24. The molecule has 1 atom stereocenters. The van der Waals surface area contributed by atoms with Crippen LogP contribution in [0.2, 0.25) is 0 Å². The van der Waals surface area contributed by atoms with Gasteiger partial charge in [0.25, 0.3) is 5.91 Å². The number of hydrogen-bond acceptors (Lipinski definition) is 2. The fourth-order valence-electron chi connectivity index (χ4n) is 3.71. The zero-order chi connectivity index (χ0) is 18.9. The van der Waals surface area contributed by atoms with Crippen molar-refractivity contribution in [1.29, 1.82) is 0 Å². The number of para-hydroxylation sites is 1. The van der Waals surface area contributed by atoms with Gasteiger partial charge in [-0.15, -0.1) is 0 Å². The first-order valence-corrected chi connectivity index (χ1v) is 9.84. The highest BCUT2D eigenvalue weighted by Crippen LogP contribution is 2.44. The molecule has 136 valence electrons. The standard InChI is InChI=1S/C23H20BrNO2/c24-19-14-12-18(13-15-19)23(27)20-10-4-5-11-21(20)25(22(23)26)16-6-9-17-7-2-1-3-8-17/h1-5,7-8,10-15,27H,6,9,16H2. The Balaban J connectivity index is 1.62. The Morgan fingerprint density at radius 3 is 2.30 bits per heavy atom. The van der Waals surface area contributed by atoms with Crippen molar-refractivity contribution < 1.29 is 9.90 Å². The predicted octanol–water partition coefficient (Wildman–Crippen LogP) is 4.66. The van der Waals surface area contributed by atoms with Gasteiger partial charge in [0, 0.05) is 16.6 Å². The van der Waals surface area contributed by atoms with Crippen LogP contribution in [0.15, 0.2) is 83.3 Å². The van der Waals surface area contributed by atoms with E-state index in [4.69, 9.17) is 0 Å². The highest BCUT2D eigenvalue weighted by atomic mass is 79.9. The summed E-state index contributed by atoms with van der Waals surface area (Å²) in [6.07, 6.45) is 1.73. The van der Waals surface area contributed by atoms with E-state index < -0.39 is 5.60 Å². The van der Waals surface area contributed by atoms with Crippen molar-refractivity contribution in [2.75, 3.05) is 11.4 Å². The molecule has 4 heteroatoms. The maximum atomic E-state index is 13.3. The van der Waals surface area contributed by atoms with Gasteiger partial charge >= 0.3 is 0 Å². The van der Waals surface area contributed by atoms with E-state index in [-0.39, 0.29) is 5.91 Å². The zero-order valence-electron chi connectivity index (χ0n) is 14.8. The van der Waals surface area contributed by atoms with Crippen molar-refractivity contribution >= 4 is 27.5 Å². The molecule has 1 amide bonds. The molecule has 4 rings (SSSR count). The first-order valence-electron chi connectivity index (χ1n) is 9.04. The van der Waals surface area contributed by atoms with Gasteiger partial charge in [-0.1, -0.05) is 76.6 Å². The van der Waals surface area contributed by atoms with E-state index in [9.17, 15) is 9.90 Å². The second-order valence-electron chi connectivity index (χ2n) is 6.78. The Bertz CT molecular complexity index is 956. The van der Waals surface area contributed by atoms with E-state index in [1.165, 1.54) is 5.56 Å². The van der Waals surface area contributed by atoms with Crippen LogP contribution in [-0.4, -0.2) is 17.6 Å². The van der Waals surface area contributed by atoms with E-state index in [1.807, 2.05) is 54.6 Å². The number of rotatable bonds is 5. The molecule has 1 heterocycles. The fraction of sp³-hybridized carbons (Fsp3) is 0.174. The monoisotopic (exact) mass is 421 g/mol. The van der Waals surface area contributed by atoms with Crippen LogP contribution in [-0.2, 0) is 16.8 Å². The highest BCUT2D eigenvalue weighted by Gasteiger charge is 2.50. The lowest BCUT2D eigenvalue weighted by molar-refractivity contribution is -0.132. The van der Waals surface area contributed by atoms with E-state index in [0.717, 1.165) is 23.0 Å². The summed E-state index contributed by atoms with van der Waals surface area (Å²) in [4.78, 5) is 15.0. The van der Waals surface area contributed by atoms with E-state index in [1.54, 1.807) is 17.0 Å². The normalized spacial score (nSPS) is 18.6. The van der Waals surface area contributed by atoms with Gasteiger partial charge in [0.1, 0.15) is 0 Å². The number of carbonyl (C=O) groups is 1. The number of halogens is 1. The topological polar surface area (TPSA) is 40.5 Å². The number of nitrogens with zero attached hydrogens (tertiary/aromatic N) is 1. The lowest BCUT2D eigenvalue weighted by Crippen LogP contribution is -2.41. The summed E-state index contributed by atoms with van der Waals surface area (Å²) in [5.41, 5.74) is 1.65. The number of anilines is 1. The quantitative estimate of drug-likeness (QED) is 0.650. The van der Waals surface area contributed by atoms with Crippen molar-refractivity contribution in [3.8, 4) is 0 Å². The number of hydrogen-bond donors (Lipinski definition) is 1. The molecular formula is C23H20BrNO2. The third-order valence-corrected chi connectivity index (χ3v) is 5.62. The number of aryl methyl sites for hydroxylation is 1. The van der Waals surface area contributed by atoms with E-state index in [2.05, 4.69) is 28.1 Å². The minimum absolute atomic E-state index is 0.279. The molecule has 1 aliphatic heterocycles. The molecule has 27 heavy (non-hydrogen) atoms. The minimum atomic E-state index is -1.63.